The summed E-state index contributed by atoms with van der Waals surface area (Å²) in [5.74, 6) is -0.150. The van der Waals surface area contributed by atoms with Crippen molar-refractivity contribution in [3.05, 3.63) is 35.4 Å². The fourth-order valence-electron chi connectivity index (χ4n) is 2.10. The Hall–Kier alpha value is -1.43. The van der Waals surface area contributed by atoms with Crippen molar-refractivity contribution in [1.29, 1.82) is 0 Å². The molecule has 1 aromatic carbocycles. The molecule has 0 bridgehead atoms. The molecule has 2 rings (SSSR count). The largest absolute Gasteiger partial charge is 0.393 e. The molecule has 5 heteroatoms. The predicted molar refractivity (Wildman–Crippen MR) is 71.5 cm³/mol. The number of rotatable bonds is 4. The highest BCUT2D eigenvalue weighted by molar-refractivity contribution is 5.82. The zero-order valence-electron chi connectivity index (χ0n) is 11.0. The Morgan fingerprint density at radius 2 is 2.16 bits per heavy atom. The number of aliphatic hydroxyl groups is 2. The first-order chi connectivity index (χ1) is 9.02. The van der Waals surface area contributed by atoms with Gasteiger partial charge in [-0.3, -0.25) is 4.79 Å². The summed E-state index contributed by atoms with van der Waals surface area (Å²) in [4.78, 5) is 12.0. The molecule has 0 radical (unpaired) electrons. The molecule has 0 saturated carbocycles. The van der Waals surface area contributed by atoms with Gasteiger partial charge in [0, 0.05) is 13.1 Å². The lowest BCUT2D eigenvalue weighted by Crippen LogP contribution is -2.51. The second-order valence-corrected chi connectivity index (χ2v) is 5.28. The lowest BCUT2D eigenvalue weighted by Gasteiger charge is -2.27. The highest BCUT2D eigenvalue weighted by Gasteiger charge is 2.26. The van der Waals surface area contributed by atoms with E-state index in [2.05, 4.69) is 10.6 Å². The van der Waals surface area contributed by atoms with E-state index in [-0.39, 0.29) is 25.1 Å². The summed E-state index contributed by atoms with van der Waals surface area (Å²) in [6, 6.07) is 7.74. The average Bonchev–Trinajstić information content (AvgIpc) is 2.44. The molecule has 1 amide bonds. The van der Waals surface area contributed by atoms with Crippen molar-refractivity contribution in [3.63, 3.8) is 0 Å². The van der Waals surface area contributed by atoms with Crippen LogP contribution in [0.25, 0.3) is 0 Å². The van der Waals surface area contributed by atoms with Crippen LogP contribution in [0.15, 0.2) is 24.3 Å². The molecule has 0 fully saturated rings. The lowest BCUT2D eigenvalue weighted by molar-refractivity contribution is -0.124. The van der Waals surface area contributed by atoms with Crippen LogP contribution < -0.4 is 10.6 Å². The molecule has 1 unspecified atom stereocenters. The van der Waals surface area contributed by atoms with Gasteiger partial charge >= 0.3 is 0 Å². The third-order valence-electron chi connectivity index (χ3n) is 3.38. The molecule has 104 valence electrons. The molecule has 2 atom stereocenters. The van der Waals surface area contributed by atoms with Crippen molar-refractivity contribution in [2.75, 3.05) is 13.2 Å². The van der Waals surface area contributed by atoms with Crippen molar-refractivity contribution in [2.24, 2.45) is 0 Å². The van der Waals surface area contributed by atoms with Crippen molar-refractivity contribution >= 4 is 5.91 Å². The minimum atomic E-state index is -1.28. The number of benzene rings is 1. The molecule has 1 aliphatic heterocycles. The first-order valence-corrected chi connectivity index (χ1v) is 6.43. The Morgan fingerprint density at radius 3 is 2.84 bits per heavy atom. The molecule has 1 aliphatic rings. The van der Waals surface area contributed by atoms with Gasteiger partial charge in [-0.05, 0) is 24.5 Å². The standard InChI is InChI=1S/C14H20N2O3/c1-14(19,9-17)8-16-13(18)12-6-10-4-2-3-5-11(10)7-15-12/h2-5,12,15,17,19H,6-9H2,1H3,(H,16,18)/t12-,14?/m1/s1. The van der Waals surface area contributed by atoms with Crippen molar-refractivity contribution < 1.29 is 15.0 Å². The molecular weight excluding hydrogens is 244 g/mol. The number of nitrogens with one attached hydrogen (secondary N) is 2. The smallest absolute Gasteiger partial charge is 0.237 e. The number of amides is 1. The van der Waals surface area contributed by atoms with E-state index in [1.165, 1.54) is 18.1 Å². The van der Waals surface area contributed by atoms with Crippen LogP contribution in [0.1, 0.15) is 18.1 Å². The topological polar surface area (TPSA) is 81.6 Å². The van der Waals surface area contributed by atoms with Crippen LogP contribution in [0.3, 0.4) is 0 Å². The Bertz CT molecular complexity index is 460. The summed E-state index contributed by atoms with van der Waals surface area (Å²) in [7, 11) is 0. The number of fused-ring (bicyclic) bond motifs is 1. The van der Waals surface area contributed by atoms with Gasteiger partial charge in [-0.1, -0.05) is 24.3 Å². The maximum Gasteiger partial charge on any atom is 0.237 e. The van der Waals surface area contributed by atoms with Crippen LogP contribution in [0.4, 0.5) is 0 Å². The predicted octanol–water partition coefficient (Wildman–Crippen LogP) is -0.440. The Morgan fingerprint density at radius 1 is 1.47 bits per heavy atom. The molecule has 1 aromatic rings. The van der Waals surface area contributed by atoms with Crippen LogP contribution >= 0.6 is 0 Å². The van der Waals surface area contributed by atoms with Crippen LogP contribution in [-0.2, 0) is 17.8 Å². The molecule has 19 heavy (non-hydrogen) atoms. The van der Waals surface area contributed by atoms with Crippen LogP contribution in [0.2, 0.25) is 0 Å². The van der Waals surface area contributed by atoms with E-state index in [9.17, 15) is 9.90 Å². The van der Waals surface area contributed by atoms with Gasteiger partial charge in [0.1, 0.15) is 5.60 Å². The average molecular weight is 264 g/mol. The SMILES string of the molecule is CC(O)(CO)CNC(=O)[C@H]1Cc2ccccc2CN1. The second-order valence-electron chi connectivity index (χ2n) is 5.28. The van der Waals surface area contributed by atoms with E-state index >= 15 is 0 Å². The fourth-order valence-corrected chi connectivity index (χ4v) is 2.10. The first-order valence-electron chi connectivity index (χ1n) is 6.43. The highest BCUT2D eigenvalue weighted by atomic mass is 16.3. The van der Waals surface area contributed by atoms with Crippen molar-refractivity contribution in [1.82, 2.24) is 10.6 Å². The van der Waals surface area contributed by atoms with E-state index in [1.807, 2.05) is 24.3 Å². The molecule has 0 saturated heterocycles. The van der Waals surface area contributed by atoms with E-state index < -0.39 is 5.60 Å². The third-order valence-corrected chi connectivity index (χ3v) is 3.38. The minimum Gasteiger partial charge on any atom is -0.393 e. The van der Waals surface area contributed by atoms with Crippen LogP contribution in [-0.4, -0.2) is 40.9 Å². The molecular formula is C14H20N2O3. The summed E-state index contributed by atoms with van der Waals surface area (Å²) in [5.41, 5.74) is 1.12. The maximum atomic E-state index is 12.0. The fraction of sp³-hybridized carbons (Fsp3) is 0.500. The Kier molecular flexibility index (Phi) is 4.19. The van der Waals surface area contributed by atoms with Crippen molar-refractivity contribution in [3.8, 4) is 0 Å². The van der Waals surface area contributed by atoms with E-state index in [0.29, 0.717) is 13.0 Å². The molecule has 0 aliphatic carbocycles. The Balaban J connectivity index is 1.92. The lowest BCUT2D eigenvalue weighted by atomic mass is 9.95. The van der Waals surface area contributed by atoms with Crippen LogP contribution in [0, 0.1) is 0 Å². The quantitative estimate of drug-likeness (QED) is 0.594. The number of hydrogen-bond acceptors (Lipinski definition) is 4. The first kappa shape index (κ1) is 14.0. The van der Waals surface area contributed by atoms with Crippen molar-refractivity contribution in [2.45, 2.75) is 31.5 Å². The van der Waals surface area contributed by atoms with Gasteiger partial charge in [0.05, 0.1) is 12.6 Å². The molecule has 1 heterocycles. The van der Waals surface area contributed by atoms with Crippen LogP contribution in [0.5, 0.6) is 0 Å². The monoisotopic (exact) mass is 264 g/mol. The van der Waals surface area contributed by atoms with Gasteiger partial charge in [-0.2, -0.15) is 0 Å². The zero-order valence-corrected chi connectivity index (χ0v) is 11.0. The molecule has 4 N–H and O–H groups in total. The molecule has 0 aromatic heterocycles. The van der Waals surface area contributed by atoms with Gasteiger partial charge in [-0.15, -0.1) is 0 Å². The van der Waals surface area contributed by atoms with Gasteiger partial charge in [-0.25, -0.2) is 0 Å². The van der Waals surface area contributed by atoms with Gasteiger partial charge in [0.2, 0.25) is 5.91 Å². The number of carbonyl (C=O) groups is 1. The zero-order chi connectivity index (χ0) is 13.9. The van der Waals surface area contributed by atoms with E-state index in [1.54, 1.807) is 0 Å². The third kappa shape index (κ3) is 3.53. The van der Waals surface area contributed by atoms with E-state index in [0.717, 1.165) is 0 Å². The van der Waals surface area contributed by atoms with E-state index in [4.69, 9.17) is 5.11 Å². The summed E-state index contributed by atoms with van der Waals surface area (Å²) in [6.45, 7) is 1.82. The normalized spacial score (nSPS) is 21.3. The number of aliphatic hydroxyl groups excluding tert-OH is 1. The summed E-state index contributed by atoms with van der Waals surface area (Å²) >= 11 is 0. The Labute approximate surface area is 112 Å². The van der Waals surface area contributed by atoms with Gasteiger partial charge in [0.25, 0.3) is 0 Å². The maximum absolute atomic E-state index is 12.0. The molecule has 0 spiro atoms. The highest BCUT2D eigenvalue weighted by Crippen LogP contribution is 2.16. The van der Waals surface area contributed by atoms with Gasteiger partial charge < -0.3 is 20.8 Å². The number of carbonyl (C=O) groups excluding carboxylic acids is 1. The summed E-state index contributed by atoms with van der Waals surface area (Å²) in [6.07, 6.45) is 0.642. The van der Waals surface area contributed by atoms with Gasteiger partial charge in [0.15, 0.2) is 0 Å². The summed E-state index contributed by atoms with van der Waals surface area (Å²) in [5, 5.41) is 24.4. The number of hydrogen-bond donors (Lipinski definition) is 4. The summed E-state index contributed by atoms with van der Waals surface area (Å²) < 4.78 is 0. The minimum absolute atomic E-state index is 0.0438. The second kappa shape index (κ2) is 5.69. The molecule has 5 nitrogen and oxygen atoms in total.